The third kappa shape index (κ3) is 4.27. The van der Waals surface area contributed by atoms with Gasteiger partial charge in [0, 0.05) is 5.56 Å². The molecule has 0 aromatic heterocycles. The lowest BCUT2D eigenvalue weighted by Crippen LogP contribution is -2.10. The molecule has 0 heterocycles. The van der Waals surface area contributed by atoms with Crippen LogP contribution in [0.3, 0.4) is 0 Å². The summed E-state index contributed by atoms with van der Waals surface area (Å²) in [6.45, 7) is 1.29. The Hall–Kier alpha value is -2.05. The maximum absolute atomic E-state index is 12.3. The van der Waals surface area contributed by atoms with E-state index in [1.54, 1.807) is 37.3 Å². The lowest BCUT2D eigenvalue weighted by molar-refractivity contribution is -0.139. The number of halogens is 1. The Balaban J connectivity index is 2.51. The SMILES string of the molecule is CCCS(=O)(=O)c1cccc(-c2c(Cl)cccc2OCC(=O)O)c1. The van der Waals surface area contributed by atoms with Gasteiger partial charge in [0.05, 0.1) is 15.7 Å². The van der Waals surface area contributed by atoms with Crippen molar-refractivity contribution in [1.82, 2.24) is 0 Å². The van der Waals surface area contributed by atoms with Crippen molar-refractivity contribution in [2.45, 2.75) is 18.2 Å². The molecule has 2 aromatic carbocycles. The van der Waals surface area contributed by atoms with Crippen LogP contribution in [0.15, 0.2) is 47.4 Å². The van der Waals surface area contributed by atoms with Gasteiger partial charge in [0.2, 0.25) is 0 Å². The van der Waals surface area contributed by atoms with E-state index in [0.717, 1.165) is 0 Å². The van der Waals surface area contributed by atoms with Gasteiger partial charge in [0.15, 0.2) is 16.4 Å². The van der Waals surface area contributed by atoms with Gasteiger partial charge in [-0.2, -0.15) is 0 Å². The molecule has 0 fully saturated rings. The maximum atomic E-state index is 12.3. The predicted octanol–water partition coefficient (Wildman–Crippen LogP) is 3.65. The Bertz CT molecular complexity index is 846. The highest BCUT2D eigenvalue weighted by Gasteiger charge is 2.17. The lowest BCUT2D eigenvalue weighted by Gasteiger charge is -2.13. The fourth-order valence-corrected chi connectivity index (χ4v) is 3.92. The summed E-state index contributed by atoms with van der Waals surface area (Å²) in [6.07, 6.45) is 0.519. The molecule has 0 radical (unpaired) electrons. The number of carboxylic acid groups (broad SMARTS) is 1. The van der Waals surface area contributed by atoms with Crippen molar-refractivity contribution >= 4 is 27.4 Å². The molecule has 5 nitrogen and oxygen atoms in total. The molecule has 2 aromatic rings. The van der Waals surface area contributed by atoms with E-state index in [-0.39, 0.29) is 16.4 Å². The highest BCUT2D eigenvalue weighted by molar-refractivity contribution is 7.91. The van der Waals surface area contributed by atoms with Gasteiger partial charge in [-0.05, 0) is 36.2 Å². The van der Waals surface area contributed by atoms with Gasteiger partial charge in [-0.3, -0.25) is 0 Å². The number of carboxylic acids is 1. The van der Waals surface area contributed by atoms with Gasteiger partial charge in [-0.1, -0.05) is 36.7 Å². The summed E-state index contributed by atoms with van der Waals surface area (Å²) in [5, 5.41) is 9.13. The second-order valence-corrected chi connectivity index (χ2v) is 7.66. The third-order valence-corrected chi connectivity index (χ3v) is 5.51. The molecule has 0 unspecified atom stereocenters. The summed E-state index contributed by atoms with van der Waals surface area (Å²) in [7, 11) is -3.37. The Morgan fingerprint density at radius 2 is 1.92 bits per heavy atom. The largest absolute Gasteiger partial charge is 0.481 e. The zero-order chi connectivity index (χ0) is 17.7. The van der Waals surface area contributed by atoms with Crippen molar-refractivity contribution in [3.63, 3.8) is 0 Å². The van der Waals surface area contributed by atoms with Gasteiger partial charge >= 0.3 is 5.97 Å². The molecule has 0 spiro atoms. The monoisotopic (exact) mass is 368 g/mol. The zero-order valence-electron chi connectivity index (χ0n) is 13.0. The number of ether oxygens (including phenoxy) is 1. The van der Waals surface area contributed by atoms with Crippen LogP contribution in [0, 0.1) is 0 Å². The van der Waals surface area contributed by atoms with Crippen molar-refractivity contribution in [3.05, 3.63) is 47.5 Å². The van der Waals surface area contributed by atoms with Crippen LogP contribution < -0.4 is 4.74 Å². The van der Waals surface area contributed by atoms with Crippen LogP contribution in [0.25, 0.3) is 11.1 Å². The minimum atomic E-state index is -3.37. The molecule has 0 amide bonds. The quantitative estimate of drug-likeness (QED) is 0.806. The standard InChI is InChI=1S/C17H17ClO5S/c1-2-9-24(21,22)13-6-3-5-12(10-13)17-14(18)7-4-8-15(17)23-11-16(19)20/h3-8,10H,2,9,11H2,1H3,(H,19,20). The van der Waals surface area contributed by atoms with Crippen molar-refractivity contribution in [2.75, 3.05) is 12.4 Å². The molecule has 0 saturated heterocycles. The number of hydrogen-bond donors (Lipinski definition) is 1. The van der Waals surface area contributed by atoms with Crippen LogP contribution in [0.2, 0.25) is 5.02 Å². The molecular weight excluding hydrogens is 352 g/mol. The number of carbonyl (C=O) groups is 1. The minimum absolute atomic E-state index is 0.0569. The first-order chi connectivity index (χ1) is 11.3. The molecule has 2 rings (SSSR count). The molecule has 0 aliphatic carbocycles. The molecule has 128 valence electrons. The normalized spacial score (nSPS) is 11.2. The maximum Gasteiger partial charge on any atom is 0.341 e. The van der Waals surface area contributed by atoms with E-state index in [1.165, 1.54) is 12.1 Å². The molecular formula is C17H17ClO5S. The van der Waals surface area contributed by atoms with E-state index in [1.807, 2.05) is 0 Å². The highest BCUT2D eigenvalue weighted by Crippen LogP contribution is 2.37. The minimum Gasteiger partial charge on any atom is -0.481 e. The summed E-state index contributed by atoms with van der Waals surface area (Å²) in [4.78, 5) is 10.9. The Morgan fingerprint density at radius 1 is 1.21 bits per heavy atom. The van der Waals surface area contributed by atoms with Gasteiger partial charge in [0.25, 0.3) is 0 Å². The molecule has 0 aliphatic heterocycles. The van der Waals surface area contributed by atoms with E-state index < -0.39 is 22.4 Å². The highest BCUT2D eigenvalue weighted by atomic mass is 35.5. The van der Waals surface area contributed by atoms with E-state index in [0.29, 0.717) is 22.6 Å². The van der Waals surface area contributed by atoms with E-state index >= 15 is 0 Å². The second kappa shape index (κ2) is 7.68. The summed E-state index contributed by atoms with van der Waals surface area (Å²) < 4.78 is 29.8. The zero-order valence-corrected chi connectivity index (χ0v) is 14.6. The second-order valence-electron chi connectivity index (χ2n) is 5.14. The van der Waals surface area contributed by atoms with Crippen molar-refractivity contribution in [2.24, 2.45) is 0 Å². The smallest absolute Gasteiger partial charge is 0.341 e. The van der Waals surface area contributed by atoms with Crippen LogP contribution in [0.1, 0.15) is 13.3 Å². The van der Waals surface area contributed by atoms with Gasteiger partial charge < -0.3 is 9.84 Å². The Morgan fingerprint density at radius 3 is 2.58 bits per heavy atom. The number of benzene rings is 2. The van der Waals surface area contributed by atoms with Crippen LogP contribution >= 0.6 is 11.6 Å². The average molecular weight is 369 g/mol. The molecule has 0 saturated carbocycles. The van der Waals surface area contributed by atoms with Crippen molar-refractivity contribution in [3.8, 4) is 16.9 Å². The average Bonchev–Trinajstić information content (AvgIpc) is 2.53. The first-order valence-electron chi connectivity index (χ1n) is 7.31. The molecule has 24 heavy (non-hydrogen) atoms. The third-order valence-electron chi connectivity index (χ3n) is 3.28. The lowest BCUT2D eigenvalue weighted by atomic mass is 10.0. The van der Waals surface area contributed by atoms with E-state index in [4.69, 9.17) is 21.4 Å². The van der Waals surface area contributed by atoms with Crippen LogP contribution in [-0.2, 0) is 14.6 Å². The molecule has 0 aliphatic rings. The molecule has 0 atom stereocenters. The molecule has 0 bridgehead atoms. The fraction of sp³-hybridized carbons (Fsp3) is 0.235. The van der Waals surface area contributed by atoms with Crippen LogP contribution in [0.4, 0.5) is 0 Å². The topological polar surface area (TPSA) is 80.7 Å². The summed E-state index contributed by atoms with van der Waals surface area (Å²) in [5.41, 5.74) is 1.02. The van der Waals surface area contributed by atoms with Crippen LogP contribution in [0.5, 0.6) is 5.75 Å². The molecule has 7 heteroatoms. The van der Waals surface area contributed by atoms with Gasteiger partial charge in [-0.25, -0.2) is 13.2 Å². The summed E-state index contributed by atoms with van der Waals surface area (Å²) >= 11 is 6.23. The van der Waals surface area contributed by atoms with E-state index in [2.05, 4.69) is 0 Å². The van der Waals surface area contributed by atoms with Crippen molar-refractivity contribution in [1.29, 1.82) is 0 Å². The summed E-state index contributed by atoms with van der Waals surface area (Å²) in [6, 6.07) is 11.3. The van der Waals surface area contributed by atoms with E-state index in [9.17, 15) is 13.2 Å². The first-order valence-corrected chi connectivity index (χ1v) is 9.34. The number of sulfone groups is 1. The summed E-state index contributed by atoms with van der Waals surface area (Å²) in [5.74, 6) is -0.767. The first kappa shape index (κ1) is 18.3. The molecule has 1 N–H and O–H groups in total. The Kier molecular flexibility index (Phi) is 5.85. The van der Waals surface area contributed by atoms with Gasteiger partial charge in [-0.15, -0.1) is 0 Å². The number of aliphatic carboxylic acids is 1. The van der Waals surface area contributed by atoms with Gasteiger partial charge in [0.1, 0.15) is 5.75 Å². The predicted molar refractivity (Wildman–Crippen MR) is 92.4 cm³/mol. The fourth-order valence-electron chi connectivity index (χ4n) is 2.28. The number of hydrogen-bond acceptors (Lipinski definition) is 4. The van der Waals surface area contributed by atoms with Crippen molar-refractivity contribution < 1.29 is 23.1 Å². The Labute approximate surface area is 145 Å². The number of rotatable bonds is 7. The van der Waals surface area contributed by atoms with Crippen LogP contribution in [-0.4, -0.2) is 31.9 Å².